The van der Waals surface area contributed by atoms with Gasteiger partial charge in [0.2, 0.25) is 0 Å². The minimum atomic E-state index is -0.954. The molecule has 0 saturated carbocycles. The van der Waals surface area contributed by atoms with Crippen molar-refractivity contribution in [3.8, 4) is 5.75 Å². The highest BCUT2D eigenvalue weighted by atomic mass is 35.5. The summed E-state index contributed by atoms with van der Waals surface area (Å²) in [4.78, 5) is 23.5. The summed E-state index contributed by atoms with van der Waals surface area (Å²) in [6, 6.07) is 22.8. The van der Waals surface area contributed by atoms with Crippen molar-refractivity contribution in [3.63, 3.8) is 0 Å². The van der Waals surface area contributed by atoms with Gasteiger partial charge in [0, 0.05) is 11.1 Å². The van der Waals surface area contributed by atoms with Gasteiger partial charge in [-0.1, -0.05) is 72.3 Å². The second kappa shape index (κ2) is 9.21. The molecule has 1 atom stereocenters. The Morgan fingerprint density at radius 2 is 1.55 bits per heavy atom. The molecule has 29 heavy (non-hydrogen) atoms. The Morgan fingerprint density at radius 1 is 1.00 bits per heavy atom. The van der Waals surface area contributed by atoms with E-state index in [1.54, 1.807) is 6.92 Å². The Morgan fingerprint density at radius 3 is 2.07 bits per heavy atom. The molecule has 0 spiro atoms. The number of hydrogen-bond donors (Lipinski definition) is 1. The highest BCUT2D eigenvalue weighted by Crippen LogP contribution is 2.31. The topological polar surface area (TPSA) is 81.5 Å². The average Bonchev–Trinajstić information content (AvgIpc) is 2.74. The minimum Gasteiger partial charge on any atom is -0.474 e. The van der Waals surface area contributed by atoms with E-state index >= 15 is 0 Å². The van der Waals surface area contributed by atoms with Crippen molar-refractivity contribution in [1.29, 1.82) is 0 Å². The summed E-state index contributed by atoms with van der Waals surface area (Å²) in [6.45, 7) is 1.54. The van der Waals surface area contributed by atoms with Crippen molar-refractivity contribution in [1.82, 2.24) is 5.32 Å². The van der Waals surface area contributed by atoms with Crippen LogP contribution < -0.4 is 10.1 Å². The lowest BCUT2D eigenvalue weighted by Gasteiger charge is -2.22. The molecule has 0 aliphatic heterocycles. The van der Waals surface area contributed by atoms with E-state index in [9.17, 15) is 14.9 Å². The number of halogens is 1. The van der Waals surface area contributed by atoms with Crippen LogP contribution in [-0.2, 0) is 4.79 Å². The first kappa shape index (κ1) is 20.4. The standard InChI is InChI=1S/C22H19ClN2O4/c1-15(29-20-13-12-18(23)14-19(20)25(27)28)22(26)24-21(16-8-4-2-5-9-16)17-10-6-3-7-11-17/h2-15,21H,1H3,(H,24,26)/t15-/m1/s1. The van der Waals surface area contributed by atoms with Gasteiger partial charge in [0.25, 0.3) is 5.91 Å². The molecule has 0 fully saturated rings. The van der Waals surface area contributed by atoms with Crippen LogP contribution in [0.1, 0.15) is 24.1 Å². The molecule has 0 aliphatic carbocycles. The molecule has 7 heteroatoms. The Balaban J connectivity index is 1.81. The number of benzene rings is 3. The van der Waals surface area contributed by atoms with Gasteiger partial charge in [-0.3, -0.25) is 14.9 Å². The van der Waals surface area contributed by atoms with Crippen molar-refractivity contribution < 1.29 is 14.5 Å². The van der Waals surface area contributed by atoms with Crippen LogP contribution in [0.3, 0.4) is 0 Å². The van der Waals surface area contributed by atoms with Gasteiger partial charge in [0.15, 0.2) is 11.9 Å². The lowest BCUT2D eigenvalue weighted by atomic mass is 9.98. The molecule has 0 bridgehead atoms. The molecule has 1 amide bonds. The molecule has 0 saturated heterocycles. The van der Waals surface area contributed by atoms with E-state index in [2.05, 4.69) is 5.32 Å². The molecule has 0 unspecified atom stereocenters. The lowest BCUT2D eigenvalue weighted by Crippen LogP contribution is -2.39. The Labute approximate surface area is 173 Å². The van der Waals surface area contributed by atoms with Crippen LogP contribution >= 0.6 is 11.6 Å². The van der Waals surface area contributed by atoms with E-state index in [-0.39, 0.29) is 22.5 Å². The second-order valence-electron chi connectivity index (χ2n) is 6.39. The number of nitrogens with zero attached hydrogens (tertiary/aromatic N) is 1. The molecular weight excluding hydrogens is 392 g/mol. The maximum absolute atomic E-state index is 12.8. The van der Waals surface area contributed by atoms with Gasteiger partial charge >= 0.3 is 5.69 Å². The number of amides is 1. The van der Waals surface area contributed by atoms with Crippen molar-refractivity contribution in [2.45, 2.75) is 19.1 Å². The normalized spacial score (nSPS) is 11.7. The van der Waals surface area contributed by atoms with Gasteiger partial charge in [-0.15, -0.1) is 0 Å². The van der Waals surface area contributed by atoms with Crippen LogP contribution in [0.5, 0.6) is 5.75 Å². The van der Waals surface area contributed by atoms with Crippen LogP contribution in [0.2, 0.25) is 5.02 Å². The molecule has 0 radical (unpaired) electrons. The van der Waals surface area contributed by atoms with E-state index in [1.807, 2.05) is 60.7 Å². The summed E-state index contributed by atoms with van der Waals surface area (Å²) < 4.78 is 5.58. The molecule has 6 nitrogen and oxygen atoms in total. The molecule has 1 N–H and O–H groups in total. The number of carbonyl (C=O) groups excluding carboxylic acids is 1. The van der Waals surface area contributed by atoms with Gasteiger partial charge in [-0.05, 0) is 30.2 Å². The zero-order valence-corrected chi connectivity index (χ0v) is 16.4. The highest BCUT2D eigenvalue weighted by Gasteiger charge is 2.24. The molecule has 0 aliphatic rings. The number of hydrogen-bond acceptors (Lipinski definition) is 4. The number of nitro groups is 1. The van der Waals surface area contributed by atoms with Crippen LogP contribution in [-0.4, -0.2) is 16.9 Å². The van der Waals surface area contributed by atoms with E-state index in [1.165, 1.54) is 18.2 Å². The molecule has 3 aromatic carbocycles. The van der Waals surface area contributed by atoms with Crippen molar-refractivity contribution in [2.75, 3.05) is 0 Å². The fourth-order valence-electron chi connectivity index (χ4n) is 2.89. The predicted molar refractivity (Wildman–Crippen MR) is 111 cm³/mol. The first-order valence-corrected chi connectivity index (χ1v) is 9.34. The maximum Gasteiger partial charge on any atom is 0.312 e. The van der Waals surface area contributed by atoms with Gasteiger partial charge in [-0.2, -0.15) is 0 Å². The third-order valence-electron chi connectivity index (χ3n) is 4.34. The van der Waals surface area contributed by atoms with E-state index in [0.29, 0.717) is 0 Å². The third-order valence-corrected chi connectivity index (χ3v) is 4.58. The molecule has 0 heterocycles. The zero-order chi connectivity index (χ0) is 20.8. The van der Waals surface area contributed by atoms with Crippen molar-refractivity contribution in [3.05, 3.63) is 105 Å². The second-order valence-corrected chi connectivity index (χ2v) is 6.83. The average molecular weight is 411 g/mol. The third kappa shape index (κ3) is 5.12. The lowest BCUT2D eigenvalue weighted by molar-refractivity contribution is -0.386. The highest BCUT2D eigenvalue weighted by molar-refractivity contribution is 6.30. The fourth-order valence-corrected chi connectivity index (χ4v) is 3.05. The number of nitrogens with one attached hydrogen (secondary N) is 1. The van der Waals surface area contributed by atoms with Crippen LogP contribution in [0.25, 0.3) is 0 Å². The summed E-state index contributed by atoms with van der Waals surface area (Å²) in [5.74, 6) is -0.412. The van der Waals surface area contributed by atoms with Crippen LogP contribution in [0, 0.1) is 10.1 Å². The summed E-state index contributed by atoms with van der Waals surface area (Å²) in [6.07, 6.45) is -0.954. The van der Waals surface area contributed by atoms with E-state index in [0.717, 1.165) is 11.1 Å². The monoisotopic (exact) mass is 410 g/mol. The smallest absolute Gasteiger partial charge is 0.312 e. The zero-order valence-electron chi connectivity index (χ0n) is 15.6. The molecular formula is C22H19ClN2O4. The Kier molecular flexibility index (Phi) is 6.46. The Hall–Kier alpha value is -3.38. The largest absolute Gasteiger partial charge is 0.474 e. The fraction of sp³-hybridized carbons (Fsp3) is 0.136. The molecule has 0 aromatic heterocycles. The van der Waals surface area contributed by atoms with Gasteiger partial charge in [-0.25, -0.2) is 0 Å². The van der Waals surface area contributed by atoms with E-state index < -0.39 is 16.9 Å². The first-order valence-electron chi connectivity index (χ1n) is 8.96. The first-order chi connectivity index (χ1) is 14.0. The Bertz CT molecular complexity index is 957. The quantitative estimate of drug-likeness (QED) is 0.442. The molecule has 3 aromatic rings. The van der Waals surface area contributed by atoms with Crippen molar-refractivity contribution in [2.24, 2.45) is 0 Å². The summed E-state index contributed by atoms with van der Waals surface area (Å²) in [5.41, 5.74) is 1.54. The van der Waals surface area contributed by atoms with Gasteiger partial charge in [0.05, 0.1) is 11.0 Å². The number of nitro benzene ring substituents is 1. The van der Waals surface area contributed by atoms with Gasteiger partial charge < -0.3 is 10.1 Å². The van der Waals surface area contributed by atoms with Crippen LogP contribution in [0.4, 0.5) is 5.69 Å². The summed E-state index contributed by atoms with van der Waals surface area (Å²) in [5, 5.41) is 14.4. The maximum atomic E-state index is 12.8. The molecule has 148 valence electrons. The predicted octanol–water partition coefficient (Wildman–Crippen LogP) is 4.92. The summed E-state index contributed by atoms with van der Waals surface area (Å²) in [7, 11) is 0. The van der Waals surface area contributed by atoms with Crippen molar-refractivity contribution >= 4 is 23.2 Å². The molecule has 3 rings (SSSR count). The SMILES string of the molecule is C[C@@H](Oc1ccc(Cl)cc1[N+](=O)[O-])C(=O)NC(c1ccccc1)c1ccccc1. The summed E-state index contributed by atoms with van der Waals surface area (Å²) >= 11 is 5.83. The minimum absolute atomic E-state index is 0.0157. The number of carbonyl (C=O) groups is 1. The van der Waals surface area contributed by atoms with Gasteiger partial charge in [0.1, 0.15) is 0 Å². The number of ether oxygens (including phenoxy) is 1. The number of rotatable bonds is 7. The van der Waals surface area contributed by atoms with Crippen LogP contribution in [0.15, 0.2) is 78.9 Å². The van der Waals surface area contributed by atoms with E-state index in [4.69, 9.17) is 16.3 Å².